The summed E-state index contributed by atoms with van der Waals surface area (Å²) >= 11 is 0. The molecule has 0 fully saturated rings. The number of hydrogen-bond acceptors (Lipinski definition) is 1. The van der Waals surface area contributed by atoms with E-state index in [0.29, 0.717) is 0 Å². The number of allylic oxidation sites excluding steroid dienone is 3. The van der Waals surface area contributed by atoms with E-state index in [1.807, 2.05) is 13.0 Å². The minimum Gasteiger partial charge on any atom is -0.481 e. The smallest absolute Gasteiger partial charge is 0.310 e. The highest BCUT2D eigenvalue weighted by Crippen LogP contribution is 2.28. The van der Waals surface area contributed by atoms with Gasteiger partial charge in [-0.05, 0) is 39.2 Å². The third kappa shape index (κ3) is 2.20. The summed E-state index contributed by atoms with van der Waals surface area (Å²) in [5.41, 5.74) is 3.51. The molecule has 1 aliphatic carbocycles. The van der Waals surface area contributed by atoms with Crippen molar-refractivity contribution in [3.8, 4) is 0 Å². The molecule has 1 N–H and O–H groups in total. The molecule has 0 aliphatic heterocycles. The van der Waals surface area contributed by atoms with Crippen LogP contribution in [0.4, 0.5) is 0 Å². The van der Waals surface area contributed by atoms with Crippen molar-refractivity contribution in [3.05, 3.63) is 22.8 Å². The molecule has 0 heterocycles. The first-order valence-electron chi connectivity index (χ1n) is 4.62. The highest BCUT2D eigenvalue weighted by molar-refractivity contribution is 5.74. The Morgan fingerprint density at radius 3 is 2.62 bits per heavy atom. The van der Waals surface area contributed by atoms with Crippen LogP contribution in [0.15, 0.2) is 22.8 Å². The van der Waals surface area contributed by atoms with Crippen molar-refractivity contribution < 1.29 is 9.90 Å². The van der Waals surface area contributed by atoms with Gasteiger partial charge in [0.15, 0.2) is 0 Å². The van der Waals surface area contributed by atoms with E-state index < -0.39 is 5.97 Å². The molecule has 1 unspecified atom stereocenters. The van der Waals surface area contributed by atoms with Gasteiger partial charge < -0.3 is 5.11 Å². The summed E-state index contributed by atoms with van der Waals surface area (Å²) in [4.78, 5) is 10.8. The second-order valence-corrected chi connectivity index (χ2v) is 3.79. The molecular weight excluding hydrogens is 164 g/mol. The number of aliphatic carboxylic acids is 1. The summed E-state index contributed by atoms with van der Waals surface area (Å²) < 4.78 is 0. The number of hydrogen-bond donors (Lipinski definition) is 1. The molecule has 72 valence electrons. The van der Waals surface area contributed by atoms with Gasteiger partial charge in [-0.1, -0.05) is 17.2 Å². The van der Waals surface area contributed by atoms with Gasteiger partial charge in [0.05, 0.1) is 5.92 Å². The Labute approximate surface area is 79.0 Å². The third-order valence-electron chi connectivity index (χ3n) is 2.63. The van der Waals surface area contributed by atoms with Gasteiger partial charge in [-0.25, -0.2) is 0 Å². The van der Waals surface area contributed by atoms with Crippen LogP contribution in [0.5, 0.6) is 0 Å². The van der Waals surface area contributed by atoms with E-state index in [9.17, 15) is 4.79 Å². The van der Waals surface area contributed by atoms with Gasteiger partial charge in [0.25, 0.3) is 0 Å². The Hall–Kier alpha value is -1.05. The molecule has 0 aromatic rings. The summed E-state index contributed by atoms with van der Waals surface area (Å²) in [6.07, 6.45) is 4.11. The summed E-state index contributed by atoms with van der Waals surface area (Å²) in [5, 5.41) is 8.87. The molecule has 0 aromatic heterocycles. The van der Waals surface area contributed by atoms with Gasteiger partial charge in [0.2, 0.25) is 0 Å². The van der Waals surface area contributed by atoms with E-state index in [-0.39, 0.29) is 5.92 Å². The fourth-order valence-corrected chi connectivity index (χ4v) is 1.62. The molecule has 0 radical (unpaired) electrons. The van der Waals surface area contributed by atoms with Gasteiger partial charge in [-0.15, -0.1) is 0 Å². The molecule has 0 saturated carbocycles. The molecule has 2 nitrogen and oxygen atoms in total. The molecule has 0 bridgehead atoms. The van der Waals surface area contributed by atoms with Crippen molar-refractivity contribution in [2.45, 2.75) is 33.6 Å². The van der Waals surface area contributed by atoms with Crippen LogP contribution >= 0.6 is 0 Å². The number of carboxylic acids is 1. The topological polar surface area (TPSA) is 37.3 Å². The van der Waals surface area contributed by atoms with Crippen LogP contribution in [-0.2, 0) is 4.79 Å². The fraction of sp³-hybridized carbons (Fsp3) is 0.545. The predicted molar refractivity (Wildman–Crippen MR) is 52.5 cm³/mol. The van der Waals surface area contributed by atoms with E-state index in [2.05, 4.69) is 6.92 Å². The van der Waals surface area contributed by atoms with Crippen LogP contribution in [0.25, 0.3) is 0 Å². The Bertz CT molecular complexity index is 284. The molecule has 0 saturated heterocycles. The largest absolute Gasteiger partial charge is 0.481 e. The molecule has 1 atom stereocenters. The summed E-state index contributed by atoms with van der Waals surface area (Å²) in [5.74, 6) is -1.10. The Morgan fingerprint density at radius 2 is 2.08 bits per heavy atom. The standard InChI is InChI=1S/C11H16O2/c1-7-4-5-8(2)10(6-7)9(3)11(12)13/h6,9H,4-5H2,1-3H3,(H,12,13). The van der Waals surface area contributed by atoms with Crippen molar-refractivity contribution in [2.75, 3.05) is 0 Å². The summed E-state index contributed by atoms with van der Waals surface area (Å²) in [6.45, 7) is 5.83. The average molecular weight is 180 g/mol. The first-order chi connectivity index (χ1) is 6.02. The zero-order valence-electron chi connectivity index (χ0n) is 8.42. The maximum Gasteiger partial charge on any atom is 0.310 e. The number of rotatable bonds is 2. The third-order valence-corrected chi connectivity index (χ3v) is 2.63. The predicted octanol–water partition coefficient (Wildman–Crippen LogP) is 2.76. The van der Waals surface area contributed by atoms with Crippen LogP contribution < -0.4 is 0 Å². The summed E-state index contributed by atoms with van der Waals surface area (Å²) in [7, 11) is 0. The lowest BCUT2D eigenvalue weighted by molar-refractivity contribution is -0.139. The van der Waals surface area contributed by atoms with Gasteiger partial charge >= 0.3 is 5.97 Å². The molecule has 0 amide bonds. The van der Waals surface area contributed by atoms with Crippen molar-refractivity contribution >= 4 is 5.97 Å². The first-order valence-corrected chi connectivity index (χ1v) is 4.62. The second-order valence-electron chi connectivity index (χ2n) is 3.79. The van der Waals surface area contributed by atoms with Crippen LogP contribution in [0, 0.1) is 5.92 Å². The van der Waals surface area contributed by atoms with E-state index >= 15 is 0 Å². The van der Waals surface area contributed by atoms with Gasteiger partial charge in [0, 0.05) is 0 Å². The Kier molecular flexibility index (Phi) is 2.91. The summed E-state index contributed by atoms with van der Waals surface area (Å²) in [6, 6.07) is 0. The van der Waals surface area contributed by atoms with Crippen LogP contribution in [0.3, 0.4) is 0 Å². The van der Waals surface area contributed by atoms with E-state index in [4.69, 9.17) is 5.11 Å². The van der Waals surface area contributed by atoms with E-state index in [1.54, 1.807) is 6.92 Å². The fourth-order valence-electron chi connectivity index (χ4n) is 1.62. The van der Waals surface area contributed by atoms with Crippen molar-refractivity contribution in [3.63, 3.8) is 0 Å². The van der Waals surface area contributed by atoms with Crippen molar-refractivity contribution in [1.82, 2.24) is 0 Å². The van der Waals surface area contributed by atoms with Crippen molar-refractivity contribution in [2.24, 2.45) is 5.92 Å². The lowest BCUT2D eigenvalue weighted by atomic mass is 9.87. The highest BCUT2D eigenvalue weighted by atomic mass is 16.4. The molecule has 13 heavy (non-hydrogen) atoms. The zero-order chi connectivity index (χ0) is 10.0. The van der Waals surface area contributed by atoms with Crippen molar-refractivity contribution in [1.29, 1.82) is 0 Å². The van der Waals surface area contributed by atoms with Gasteiger partial charge in [-0.2, -0.15) is 0 Å². The van der Waals surface area contributed by atoms with Crippen LogP contribution in [0.2, 0.25) is 0 Å². The molecule has 1 aliphatic rings. The van der Waals surface area contributed by atoms with Crippen LogP contribution in [0.1, 0.15) is 33.6 Å². The molecule has 0 aromatic carbocycles. The lowest BCUT2D eigenvalue weighted by Crippen LogP contribution is -2.14. The highest BCUT2D eigenvalue weighted by Gasteiger charge is 2.19. The lowest BCUT2D eigenvalue weighted by Gasteiger charge is -2.18. The van der Waals surface area contributed by atoms with E-state index in [1.165, 1.54) is 11.1 Å². The SMILES string of the molecule is CC1=CC(C(C)C(=O)O)=C(C)CC1. The monoisotopic (exact) mass is 180 g/mol. The Morgan fingerprint density at radius 1 is 1.46 bits per heavy atom. The molecule has 0 spiro atoms. The van der Waals surface area contributed by atoms with Gasteiger partial charge in [0.1, 0.15) is 0 Å². The maximum absolute atomic E-state index is 10.8. The van der Waals surface area contributed by atoms with Gasteiger partial charge in [-0.3, -0.25) is 4.79 Å². The average Bonchev–Trinajstić information content (AvgIpc) is 2.08. The minimum absolute atomic E-state index is 0.366. The first kappa shape index (κ1) is 10.0. The molecule has 2 heteroatoms. The normalized spacial score (nSPS) is 19.8. The van der Waals surface area contributed by atoms with E-state index in [0.717, 1.165) is 18.4 Å². The Balaban J connectivity index is 2.95. The maximum atomic E-state index is 10.8. The quantitative estimate of drug-likeness (QED) is 0.709. The minimum atomic E-state index is -0.736. The molecule has 1 rings (SSSR count). The van der Waals surface area contributed by atoms with Crippen LogP contribution in [-0.4, -0.2) is 11.1 Å². The number of carboxylic acid groups (broad SMARTS) is 1. The zero-order valence-corrected chi connectivity index (χ0v) is 8.42. The number of carbonyl (C=O) groups is 1. The molecular formula is C11H16O2. The second kappa shape index (κ2) is 3.77.